The number of nitrogens with one attached hydrogen (secondary N) is 1. The van der Waals surface area contributed by atoms with Crippen molar-refractivity contribution in [1.29, 1.82) is 0 Å². The predicted octanol–water partition coefficient (Wildman–Crippen LogP) is 1.93. The van der Waals surface area contributed by atoms with Gasteiger partial charge in [0.25, 0.3) is 11.6 Å². The van der Waals surface area contributed by atoms with Crippen molar-refractivity contribution < 1.29 is 24.7 Å². The zero-order valence-electron chi connectivity index (χ0n) is 11.9. The van der Waals surface area contributed by atoms with Gasteiger partial charge < -0.3 is 15.5 Å². The van der Waals surface area contributed by atoms with Crippen LogP contribution in [0.5, 0.6) is 5.75 Å². The van der Waals surface area contributed by atoms with Crippen LogP contribution in [0.1, 0.15) is 26.3 Å². The van der Waals surface area contributed by atoms with E-state index in [1.165, 1.54) is 31.2 Å². The van der Waals surface area contributed by atoms with Crippen molar-refractivity contribution in [3.8, 4) is 5.75 Å². The van der Waals surface area contributed by atoms with Gasteiger partial charge in [-0.1, -0.05) is 18.2 Å². The minimum absolute atomic E-state index is 0.0433. The standard InChI is InChI=1S/C15H12N2O6/c1-8-10(3-2-4-13(8)17(22)23)14(19)16-12-6-5-9(18)7-11(12)15(20)21/h2-7,18H,1H3,(H,16,19)(H,20,21)/p-1. The smallest absolute Gasteiger partial charge is 0.337 e. The molecule has 0 bridgehead atoms. The van der Waals surface area contributed by atoms with Gasteiger partial charge >= 0.3 is 5.97 Å². The summed E-state index contributed by atoms with van der Waals surface area (Å²) in [6.45, 7) is 1.42. The van der Waals surface area contributed by atoms with Crippen molar-refractivity contribution in [3.63, 3.8) is 0 Å². The molecule has 8 nitrogen and oxygen atoms in total. The molecule has 1 amide bonds. The Bertz CT molecular complexity index is 816. The summed E-state index contributed by atoms with van der Waals surface area (Å²) < 4.78 is 0. The molecule has 0 aliphatic heterocycles. The number of anilines is 1. The van der Waals surface area contributed by atoms with E-state index in [1.54, 1.807) is 0 Å². The molecule has 0 atom stereocenters. The summed E-state index contributed by atoms with van der Waals surface area (Å²) in [4.78, 5) is 33.7. The number of carbonyl (C=O) groups is 2. The van der Waals surface area contributed by atoms with Crippen molar-refractivity contribution in [1.82, 2.24) is 0 Å². The Morgan fingerprint density at radius 2 is 1.87 bits per heavy atom. The minimum Gasteiger partial charge on any atom is -0.872 e. The number of carboxylic acids is 1. The van der Waals surface area contributed by atoms with Crippen molar-refractivity contribution >= 4 is 23.3 Å². The molecule has 0 fully saturated rings. The summed E-state index contributed by atoms with van der Waals surface area (Å²) >= 11 is 0. The fourth-order valence-electron chi connectivity index (χ4n) is 2.07. The molecule has 0 aromatic heterocycles. The third-order valence-corrected chi connectivity index (χ3v) is 3.22. The third-order valence-electron chi connectivity index (χ3n) is 3.22. The monoisotopic (exact) mass is 315 g/mol. The number of nitrogens with zero attached hydrogens (tertiary/aromatic N) is 1. The van der Waals surface area contributed by atoms with E-state index in [1.807, 2.05) is 0 Å². The summed E-state index contributed by atoms with van der Waals surface area (Å²) in [7, 11) is 0. The Morgan fingerprint density at radius 3 is 2.48 bits per heavy atom. The molecule has 0 radical (unpaired) electrons. The van der Waals surface area contributed by atoms with Crippen LogP contribution in [0, 0.1) is 17.0 Å². The predicted molar refractivity (Wildman–Crippen MR) is 78.6 cm³/mol. The molecule has 0 saturated carbocycles. The van der Waals surface area contributed by atoms with Crippen LogP contribution < -0.4 is 10.4 Å². The highest BCUT2D eigenvalue weighted by Gasteiger charge is 2.19. The van der Waals surface area contributed by atoms with Gasteiger partial charge in [0.2, 0.25) is 0 Å². The zero-order valence-corrected chi connectivity index (χ0v) is 11.9. The van der Waals surface area contributed by atoms with Gasteiger partial charge in [0.05, 0.1) is 16.2 Å². The maximum atomic E-state index is 12.3. The molecule has 2 aromatic carbocycles. The summed E-state index contributed by atoms with van der Waals surface area (Å²) in [5.74, 6) is -2.58. The highest BCUT2D eigenvalue weighted by molar-refractivity contribution is 6.09. The van der Waals surface area contributed by atoms with Crippen molar-refractivity contribution in [2.24, 2.45) is 0 Å². The van der Waals surface area contributed by atoms with Gasteiger partial charge in [0.1, 0.15) is 0 Å². The molecule has 0 aliphatic rings. The van der Waals surface area contributed by atoms with Crippen LogP contribution in [0.2, 0.25) is 0 Å². The Morgan fingerprint density at radius 1 is 1.17 bits per heavy atom. The van der Waals surface area contributed by atoms with Crippen LogP contribution in [0.3, 0.4) is 0 Å². The Labute approximate surface area is 130 Å². The third kappa shape index (κ3) is 3.26. The highest BCUT2D eigenvalue weighted by Crippen LogP contribution is 2.24. The van der Waals surface area contributed by atoms with Gasteiger partial charge in [0, 0.05) is 17.2 Å². The second-order valence-corrected chi connectivity index (χ2v) is 4.67. The van der Waals surface area contributed by atoms with Crippen molar-refractivity contribution in [2.75, 3.05) is 5.32 Å². The van der Waals surface area contributed by atoms with E-state index in [-0.39, 0.29) is 28.1 Å². The Balaban J connectivity index is 2.39. The van der Waals surface area contributed by atoms with Crippen LogP contribution in [-0.2, 0) is 0 Å². The van der Waals surface area contributed by atoms with Crippen LogP contribution >= 0.6 is 0 Å². The lowest BCUT2D eigenvalue weighted by Gasteiger charge is -2.13. The lowest BCUT2D eigenvalue weighted by molar-refractivity contribution is -0.385. The number of nitro groups is 1. The van der Waals surface area contributed by atoms with Gasteiger partial charge in [-0.25, -0.2) is 4.79 Å². The number of aromatic carboxylic acids is 1. The largest absolute Gasteiger partial charge is 0.872 e. The fourth-order valence-corrected chi connectivity index (χ4v) is 2.07. The van der Waals surface area contributed by atoms with Crippen LogP contribution in [0.25, 0.3) is 0 Å². The maximum absolute atomic E-state index is 12.3. The first-order valence-corrected chi connectivity index (χ1v) is 6.41. The lowest BCUT2D eigenvalue weighted by atomic mass is 10.1. The summed E-state index contributed by atoms with van der Waals surface area (Å²) in [6.07, 6.45) is 0. The molecule has 0 saturated heterocycles. The molecule has 23 heavy (non-hydrogen) atoms. The normalized spacial score (nSPS) is 10.1. The van der Waals surface area contributed by atoms with Crippen LogP contribution in [-0.4, -0.2) is 21.9 Å². The number of hydrogen-bond donors (Lipinski definition) is 2. The SMILES string of the molecule is Cc1c(C(=O)Nc2ccc([O-])cc2C(=O)O)cccc1[N+](=O)[O-]. The molecule has 2 rings (SSSR count). The number of carboxylic acid groups (broad SMARTS) is 1. The fraction of sp³-hybridized carbons (Fsp3) is 0.0667. The summed E-state index contributed by atoms with van der Waals surface area (Å²) in [5.41, 5.74) is -0.429. The molecule has 0 aliphatic carbocycles. The molecule has 0 heterocycles. The van der Waals surface area contributed by atoms with E-state index in [2.05, 4.69) is 5.32 Å². The molecular weight excluding hydrogens is 304 g/mol. The first kappa shape index (κ1) is 16.0. The Hall–Kier alpha value is -3.42. The van der Waals surface area contributed by atoms with Gasteiger partial charge in [-0.05, 0) is 19.1 Å². The number of hydrogen-bond acceptors (Lipinski definition) is 5. The van der Waals surface area contributed by atoms with E-state index in [0.717, 1.165) is 12.1 Å². The second kappa shape index (κ2) is 6.14. The molecule has 118 valence electrons. The molecule has 0 unspecified atom stereocenters. The topological polar surface area (TPSA) is 133 Å². The molecule has 8 heteroatoms. The lowest BCUT2D eigenvalue weighted by Crippen LogP contribution is -2.16. The Kier molecular flexibility index (Phi) is 4.26. The number of rotatable bonds is 4. The van der Waals surface area contributed by atoms with Gasteiger partial charge in [-0.3, -0.25) is 14.9 Å². The van der Waals surface area contributed by atoms with Gasteiger partial charge in [-0.15, -0.1) is 5.75 Å². The molecule has 2 aromatic rings. The van der Waals surface area contributed by atoms with E-state index >= 15 is 0 Å². The van der Waals surface area contributed by atoms with Crippen molar-refractivity contribution in [2.45, 2.75) is 6.92 Å². The quantitative estimate of drug-likeness (QED) is 0.654. The molecule has 2 N–H and O–H groups in total. The van der Waals surface area contributed by atoms with Crippen LogP contribution in [0.15, 0.2) is 36.4 Å². The number of nitro benzene ring substituents is 1. The first-order valence-electron chi connectivity index (χ1n) is 6.41. The van der Waals surface area contributed by atoms with E-state index in [4.69, 9.17) is 5.11 Å². The number of benzene rings is 2. The first-order chi connectivity index (χ1) is 10.8. The van der Waals surface area contributed by atoms with Crippen LogP contribution in [0.4, 0.5) is 11.4 Å². The van der Waals surface area contributed by atoms with E-state index in [0.29, 0.717) is 0 Å². The summed E-state index contributed by atoms with van der Waals surface area (Å²) in [5, 5.41) is 33.5. The minimum atomic E-state index is -1.37. The average Bonchev–Trinajstić information content (AvgIpc) is 2.48. The van der Waals surface area contributed by atoms with Gasteiger partial charge in [0.15, 0.2) is 0 Å². The molecular formula is C15H11N2O6-. The highest BCUT2D eigenvalue weighted by atomic mass is 16.6. The average molecular weight is 315 g/mol. The second-order valence-electron chi connectivity index (χ2n) is 4.67. The van der Waals surface area contributed by atoms with Gasteiger partial charge in [-0.2, -0.15) is 0 Å². The van der Waals surface area contributed by atoms with E-state index < -0.39 is 22.5 Å². The number of carbonyl (C=O) groups excluding carboxylic acids is 1. The maximum Gasteiger partial charge on any atom is 0.337 e. The van der Waals surface area contributed by atoms with Crippen molar-refractivity contribution in [3.05, 3.63) is 63.2 Å². The number of amides is 1. The summed E-state index contributed by atoms with van der Waals surface area (Å²) in [6, 6.07) is 7.19. The zero-order chi connectivity index (χ0) is 17.1. The van der Waals surface area contributed by atoms with E-state index in [9.17, 15) is 24.8 Å². The molecule has 0 spiro atoms.